The number of hydrogen-bond acceptors (Lipinski definition) is 3. The summed E-state index contributed by atoms with van der Waals surface area (Å²) >= 11 is 0. The van der Waals surface area contributed by atoms with Crippen LogP contribution in [-0.4, -0.2) is 14.3 Å². The van der Waals surface area contributed by atoms with Crippen molar-refractivity contribution in [3.63, 3.8) is 0 Å². The van der Waals surface area contributed by atoms with Crippen LogP contribution < -0.4 is 10.3 Å². The van der Waals surface area contributed by atoms with Crippen molar-refractivity contribution >= 4 is 0 Å². The molecule has 0 saturated carbocycles. The van der Waals surface area contributed by atoms with E-state index in [1.165, 1.54) is 0 Å². The van der Waals surface area contributed by atoms with E-state index in [1.807, 2.05) is 53.7 Å². The van der Waals surface area contributed by atoms with Crippen LogP contribution in [0.15, 0.2) is 59.4 Å². The summed E-state index contributed by atoms with van der Waals surface area (Å²) in [4.78, 5) is 15.4. The molecule has 2 aromatic carbocycles. The molecule has 2 aliphatic heterocycles. The Morgan fingerprint density at radius 1 is 1.08 bits per heavy atom. The second-order valence-electron chi connectivity index (χ2n) is 6.00. The number of nitrogens with zero attached hydrogens (tertiary/aromatic N) is 3. The molecular weight excluding hydrogens is 328 g/mol. The molecule has 0 bridgehead atoms. The van der Waals surface area contributed by atoms with Gasteiger partial charge >= 0.3 is 0 Å². The number of benzene rings is 2. The summed E-state index contributed by atoms with van der Waals surface area (Å²) in [5.74, 6) is 0.736. The number of hydrogen-bond donors (Lipinski definition) is 1. The van der Waals surface area contributed by atoms with Gasteiger partial charge in [0.05, 0.1) is 28.7 Å². The third-order valence-corrected chi connectivity index (χ3v) is 4.46. The minimum atomic E-state index is -0.284. The SMILES string of the molecule is Cc1c2[nH]c(=O)c(Oc3ccc(C#N)cc3)c-2n(-c2ccccc2)n1C. The fourth-order valence-corrected chi connectivity index (χ4v) is 3.06. The smallest absolute Gasteiger partial charge is 0.293 e. The lowest BCUT2D eigenvalue weighted by atomic mass is 10.2. The number of nitriles is 1. The minimum Gasteiger partial charge on any atom is -0.449 e. The molecule has 0 fully saturated rings. The molecule has 2 aromatic rings. The van der Waals surface area contributed by atoms with Crippen LogP contribution in [0.5, 0.6) is 11.5 Å². The van der Waals surface area contributed by atoms with Gasteiger partial charge in [0.25, 0.3) is 5.56 Å². The minimum absolute atomic E-state index is 0.234. The van der Waals surface area contributed by atoms with Crippen LogP contribution in [0.25, 0.3) is 17.1 Å². The number of ether oxygens (including phenoxy) is 1. The molecule has 0 aromatic heterocycles. The molecule has 6 nitrogen and oxygen atoms in total. The second kappa shape index (κ2) is 5.97. The van der Waals surface area contributed by atoms with Crippen LogP contribution in [0, 0.1) is 18.3 Å². The molecule has 0 atom stereocenters. The topological polar surface area (TPSA) is 75.7 Å². The number of rotatable bonds is 3. The summed E-state index contributed by atoms with van der Waals surface area (Å²) in [5, 5.41) is 8.91. The third-order valence-electron chi connectivity index (χ3n) is 4.46. The molecule has 2 aliphatic rings. The Morgan fingerprint density at radius 2 is 1.77 bits per heavy atom. The molecule has 0 saturated heterocycles. The first-order chi connectivity index (χ1) is 12.6. The number of para-hydroxylation sites is 1. The fourth-order valence-electron chi connectivity index (χ4n) is 3.06. The van der Waals surface area contributed by atoms with Gasteiger partial charge in [0, 0.05) is 7.05 Å². The highest BCUT2D eigenvalue weighted by atomic mass is 16.5. The van der Waals surface area contributed by atoms with Crippen LogP contribution in [0.1, 0.15) is 11.3 Å². The van der Waals surface area contributed by atoms with E-state index in [4.69, 9.17) is 10.00 Å². The van der Waals surface area contributed by atoms with Crippen molar-refractivity contribution in [1.29, 1.82) is 5.26 Å². The number of aromatic amines is 1. The molecule has 0 spiro atoms. The average Bonchev–Trinajstić information content (AvgIpc) is 3.11. The molecule has 0 aliphatic carbocycles. The van der Waals surface area contributed by atoms with Gasteiger partial charge in [-0.05, 0) is 43.3 Å². The predicted molar refractivity (Wildman–Crippen MR) is 98.0 cm³/mol. The highest BCUT2D eigenvalue weighted by Crippen LogP contribution is 2.36. The van der Waals surface area contributed by atoms with E-state index in [0.717, 1.165) is 17.1 Å². The molecule has 6 heteroatoms. The first-order valence-electron chi connectivity index (χ1n) is 8.14. The summed E-state index contributed by atoms with van der Waals surface area (Å²) < 4.78 is 9.82. The van der Waals surface area contributed by atoms with Crippen LogP contribution in [0.3, 0.4) is 0 Å². The Labute approximate surface area is 149 Å². The predicted octanol–water partition coefficient (Wildman–Crippen LogP) is 3.58. The number of aromatic nitrogens is 3. The molecule has 1 N–H and O–H groups in total. The van der Waals surface area contributed by atoms with Crippen molar-refractivity contribution in [2.24, 2.45) is 7.05 Å². The van der Waals surface area contributed by atoms with Gasteiger partial charge in [-0.15, -0.1) is 0 Å². The van der Waals surface area contributed by atoms with E-state index in [1.54, 1.807) is 24.3 Å². The lowest BCUT2D eigenvalue weighted by Crippen LogP contribution is -2.10. The largest absolute Gasteiger partial charge is 0.449 e. The van der Waals surface area contributed by atoms with E-state index in [-0.39, 0.29) is 11.3 Å². The Kier molecular flexibility index (Phi) is 3.63. The second-order valence-corrected chi connectivity index (χ2v) is 6.00. The van der Waals surface area contributed by atoms with Gasteiger partial charge in [-0.3, -0.25) is 9.48 Å². The molecule has 2 heterocycles. The summed E-state index contributed by atoms with van der Waals surface area (Å²) in [6.07, 6.45) is 0. The van der Waals surface area contributed by atoms with E-state index >= 15 is 0 Å². The van der Waals surface area contributed by atoms with Gasteiger partial charge in [-0.2, -0.15) is 5.26 Å². The Hall–Kier alpha value is -3.72. The van der Waals surface area contributed by atoms with Gasteiger partial charge in [-0.1, -0.05) is 18.2 Å². The normalized spacial score (nSPS) is 10.8. The fraction of sp³-hybridized carbons (Fsp3) is 0.100. The highest BCUT2D eigenvalue weighted by Gasteiger charge is 2.27. The van der Waals surface area contributed by atoms with Gasteiger partial charge in [0.2, 0.25) is 5.75 Å². The van der Waals surface area contributed by atoms with Crippen molar-refractivity contribution < 1.29 is 4.74 Å². The molecule has 0 radical (unpaired) electrons. The Morgan fingerprint density at radius 3 is 2.42 bits per heavy atom. The average molecular weight is 344 g/mol. The van der Waals surface area contributed by atoms with Crippen molar-refractivity contribution in [3.05, 3.63) is 76.2 Å². The van der Waals surface area contributed by atoms with Gasteiger partial charge < -0.3 is 9.72 Å². The lowest BCUT2D eigenvalue weighted by Gasteiger charge is -2.12. The zero-order chi connectivity index (χ0) is 18.3. The lowest BCUT2D eigenvalue weighted by molar-refractivity contribution is 0.475. The number of nitrogens with one attached hydrogen (secondary N) is 1. The number of H-pyrrole nitrogens is 1. The summed E-state index contributed by atoms with van der Waals surface area (Å²) in [7, 11) is 1.94. The van der Waals surface area contributed by atoms with Gasteiger partial charge in [0.1, 0.15) is 11.4 Å². The molecular formula is C20H16N4O2. The molecule has 0 unspecified atom stereocenters. The van der Waals surface area contributed by atoms with Gasteiger partial charge in [0.15, 0.2) is 0 Å². The van der Waals surface area contributed by atoms with E-state index < -0.39 is 0 Å². The zero-order valence-corrected chi connectivity index (χ0v) is 14.4. The highest BCUT2D eigenvalue weighted by molar-refractivity contribution is 5.71. The van der Waals surface area contributed by atoms with Crippen LogP contribution in [0.4, 0.5) is 0 Å². The molecule has 0 amide bonds. The van der Waals surface area contributed by atoms with E-state index in [9.17, 15) is 4.79 Å². The summed E-state index contributed by atoms with van der Waals surface area (Å²) in [6.45, 7) is 1.95. The maximum atomic E-state index is 12.5. The summed E-state index contributed by atoms with van der Waals surface area (Å²) in [5.41, 5.74) is 3.53. The Balaban J connectivity index is 1.89. The van der Waals surface area contributed by atoms with Crippen molar-refractivity contribution in [2.45, 2.75) is 6.92 Å². The molecule has 26 heavy (non-hydrogen) atoms. The summed E-state index contributed by atoms with van der Waals surface area (Å²) in [6, 6.07) is 18.5. The maximum absolute atomic E-state index is 12.5. The molecule has 4 rings (SSSR count). The first-order valence-corrected chi connectivity index (χ1v) is 8.14. The van der Waals surface area contributed by atoms with Crippen molar-refractivity contribution in [2.75, 3.05) is 0 Å². The van der Waals surface area contributed by atoms with Gasteiger partial charge in [-0.25, -0.2) is 4.68 Å². The zero-order valence-electron chi connectivity index (χ0n) is 14.4. The van der Waals surface area contributed by atoms with Crippen molar-refractivity contribution in [1.82, 2.24) is 14.3 Å². The van der Waals surface area contributed by atoms with E-state index in [2.05, 4.69) is 11.1 Å². The quantitative estimate of drug-likeness (QED) is 0.617. The van der Waals surface area contributed by atoms with Crippen molar-refractivity contribution in [3.8, 4) is 34.6 Å². The van der Waals surface area contributed by atoms with Crippen LogP contribution >= 0.6 is 0 Å². The molecule has 128 valence electrons. The third kappa shape index (κ3) is 2.38. The van der Waals surface area contributed by atoms with Crippen LogP contribution in [-0.2, 0) is 7.05 Å². The Bertz CT molecular complexity index is 1140. The van der Waals surface area contributed by atoms with E-state index in [0.29, 0.717) is 17.0 Å². The monoisotopic (exact) mass is 344 g/mol. The standard InChI is InChI=1S/C20H16N4O2/c1-13-17-18(24(23(13)2)15-6-4-3-5-7-15)19(20(25)22-17)26-16-10-8-14(12-21)9-11-16/h3-11H,1-2H3,(H,22,25). The van der Waals surface area contributed by atoms with Crippen LogP contribution in [0.2, 0.25) is 0 Å². The maximum Gasteiger partial charge on any atom is 0.293 e. The number of fused-ring (bicyclic) bond motifs is 1. The first kappa shape index (κ1) is 15.8.